The van der Waals surface area contributed by atoms with E-state index >= 15 is 0 Å². The van der Waals surface area contributed by atoms with Gasteiger partial charge in [-0.05, 0) is 26.3 Å². The molecule has 0 aromatic carbocycles. The molecule has 2 aromatic rings. The van der Waals surface area contributed by atoms with Gasteiger partial charge in [-0.15, -0.1) is 0 Å². The van der Waals surface area contributed by atoms with Crippen LogP contribution < -0.4 is 5.32 Å². The largest absolute Gasteiger partial charge is 0.466 e. The number of furan rings is 1. The maximum atomic E-state index is 12.6. The summed E-state index contributed by atoms with van der Waals surface area (Å²) in [4.78, 5) is 30.6. The molecule has 0 saturated carbocycles. The van der Waals surface area contributed by atoms with Gasteiger partial charge in [0.1, 0.15) is 11.5 Å². The van der Waals surface area contributed by atoms with Gasteiger partial charge in [-0.3, -0.25) is 9.59 Å². The predicted molar refractivity (Wildman–Crippen MR) is 87.4 cm³/mol. The van der Waals surface area contributed by atoms with Gasteiger partial charge in [0.2, 0.25) is 5.91 Å². The Balaban J connectivity index is 1.87. The summed E-state index contributed by atoms with van der Waals surface area (Å²) in [6, 6.07) is 1.32. The molecule has 0 bridgehead atoms. The molecule has 7 heteroatoms. The average Bonchev–Trinajstić information content (AvgIpc) is 3.09. The Bertz CT molecular complexity index is 777. The summed E-state index contributed by atoms with van der Waals surface area (Å²) >= 11 is 0. The summed E-state index contributed by atoms with van der Waals surface area (Å²) in [5.41, 5.74) is 1.44. The van der Waals surface area contributed by atoms with Crippen molar-refractivity contribution >= 4 is 11.8 Å². The van der Waals surface area contributed by atoms with Crippen molar-refractivity contribution in [1.82, 2.24) is 19.8 Å². The summed E-state index contributed by atoms with van der Waals surface area (Å²) in [5, 5.41) is 3.07. The zero-order chi connectivity index (χ0) is 17.4. The Labute approximate surface area is 140 Å². The van der Waals surface area contributed by atoms with E-state index in [4.69, 9.17) is 4.42 Å². The minimum absolute atomic E-state index is 0.0713. The van der Waals surface area contributed by atoms with Gasteiger partial charge in [0, 0.05) is 20.5 Å². The highest BCUT2D eigenvalue weighted by Crippen LogP contribution is 2.30. The van der Waals surface area contributed by atoms with Gasteiger partial charge in [0.25, 0.3) is 5.91 Å². The van der Waals surface area contributed by atoms with Crippen LogP contribution in [-0.2, 0) is 11.8 Å². The fourth-order valence-corrected chi connectivity index (χ4v) is 3.35. The number of carbonyl (C=O) groups excluding carboxylic acids is 2. The number of nitrogens with zero attached hydrogens (tertiary/aromatic N) is 3. The number of aryl methyl sites for hydroxylation is 3. The van der Waals surface area contributed by atoms with Crippen LogP contribution in [0.2, 0.25) is 0 Å². The molecule has 3 rings (SSSR count). The van der Waals surface area contributed by atoms with Crippen LogP contribution in [0, 0.1) is 13.8 Å². The molecule has 2 aromatic heterocycles. The van der Waals surface area contributed by atoms with E-state index in [9.17, 15) is 9.59 Å². The lowest BCUT2D eigenvalue weighted by atomic mass is 9.93. The van der Waals surface area contributed by atoms with Crippen molar-refractivity contribution < 1.29 is 14.0 Å². The van der Waals surface area contributed by atoms with E-state index in [-0.39, 0.29) is 23.9 Å². The molecule has 3 heterocycles. The number of piperidine rings is 1. The van der Waals surface area contributed by atoms with E-state index in [1.54, 1.807) is 37.5 Å². The third kappa shape index (κ3) is 2.81. The molecule has 2 amide bonds. The van der Waals surface area contributed by atoms with Crippen molar-refractivity contribution in [2.24, 2.45) is 7.05 Å². The first-order valence-electron chi connectivity index (χ1n) is 7.98. The van der Waals surface area contributed by atoms with E-state index in [2.05, 4.69) is 10.3 Å². The zero-order valence-electron chi connectivity index (χ0n) is 14.4. The first-order chi connectivity index (χ1) is 11.4. The molecular weight excluding hydrogens is 308 g/mol. The minimum Gasteiger partial charge on any atom is -0.466 e. The summed E-state index contributed by atoms with van der Waals surface area (Å²) in [6.45, 7) is 3.59. The monoisotopic (exact) mass is 330 g/mol. The minimum atomic E-state index is -0.240. The number of hydrogen-bond acceptors (Lipinski definition) is 4. The number of nitrogens with one attached hydrogen (secondary N) is 1. The topological polar surface area (TPSA) is 80.4 Å². The Morgan fingerprint density at radius 2 is 2.12 bits per heavy atom. The zero-order valence-corrected chi connectivity index (χ0v) is 14.4. The third-order valence-electron chi connectivity index (χ3n) is 4.62. The van der Waals surface area contributed by atoms with Crippen LogP contribution in [0.5, 0.6) is 0 Å². The van der Waals surface area contributed by atoms with Crippen molar-refractivity contribution in [2.45, 2.75) is 38.8 Å². The molecule has 0 unspecified atom stereocenters. The molecule has 0 aliphatic carbocycles. The van der Waals surface area contributed by atoms with Gasteiger partial charge in [-0.2, -0.15) is 0 Å². The van der Waals surface area contributed by atoms with Gasteiger partial charge in [0.05, 0.1) is 35.9 Å². The SMILES string of the molecule is Cc1cc(C(=O)N[C@@H]2CCC(=O)N(C)[C@H]2c2cncn2C)c(C)o1. The quantitative estimate of drug-likeness (QED) is 0.929. The number of imidazole rings is 1. The number of rotatable bonds is 3. The summed E-state index contributed by atoms with van der Waals surface area (Å²) in [7, 11) is 3.66. The number of aromatic nitrogens is 2. The first-order valence-corrected chi connectivity index (χ1v) is 7.98. The van der Waals surface area contributed by atoms with Crippen LogP contribution >= 0.6 is 0 Å². The third-order valence-corrected chi connectivity index (χ3v) is 4.62. The van der Waals surface area contributed by atoms with Gasteiger partial charge in [-0.1, -0.05) is 0 Å². The Kier molecular flexibility index (Phi) is 4.17. The second-order valence-corrected chi connectivity index (χ2v) is 6.32. The summed E-state index contributed by atoms with van der Waals surface area (Å²) in [6.07, 6.45) is 4.46. The summed E-state index contributed by atoms with van der Waals surface area (Å²) < 4.78 is 7.32. The fourth-order valence-electron chi connectivity index (χ4n) is 3.35. The Morgan fingerprint density at radius 1 is 1.38 bits per heavy atom. The van der Waals surface area contributed by atoms with Crippen LogP contribution in [-0.4, -0.2) is 39.4 Å². The fraction of sp³-hybridized carbons (Fsp3) is 0.471. The number of likely N-dealkylation sites (tertiary alicyclic amines) is 1. The number of likely N-dealkylation sites (N-methyl/N-ethyl adjacent to an activating group) is 1. The van der Waals surface area contributed by atoms with Crippen molar-refractivity contribution in [3.8, 4) is 0 Å². The van der Waals surface area contributed by atoms with Crippen LogP contribution in [0.25, 0.3) is 0 Å². The van der Waals surface area contributed by atoms with E-state index in [0.717, 1.165) is 5.69 Å². The first kappa shape index (κ1) is 16.3. The van der Waals surface area contributed by atoms with Crippen LogP contribution in [0.4, 0.5) is 0 Å². The highest BCUT2D eigenvalue weighted by molar-refractivity contribution is 5.95. The molecule has 1 aliphatic heterocycles. The molecule has 2 atom stereocenters. The van der Waals surface area contributed by atoms with E-state index in [0.29, 0.717) is 29.9 Å². The van der Waals surface area contributed by atoms with E-state index in [1.807, 2.05) is 18.5 Å². The van der Waals surface area contributed by atoms with Gasteiger partial charge >= 0.3 is 0 Å². The van der Waals surface area contributed by atoms with E-state index in [1.165, 1.54) is 0 Å². The van der Waals surface area contributed by atoms with Gasteiger partial charge in [0.15, 0.2) is 0 Å². The predicted octanol–water partition coefficient (Wildman–Crippen LogP) is 1.72. The number of amides is 2. The molecule has 128 valence electrons. The Hall–Kier alpha value is -2.57. The maximum Gasteiger partial charge on any atom is 0.255 e. The molecule has 1 N–H and O–H groups in total. The van der Waals surface area contributed by atoms with Crippen LogP contribution in [0.15, 0.2) is 23.0 Å². The highest BCUT2D eigenvalue weighted by atomic mass is 16.3. The number of hydrogen-bond donors (Lipinski definition) is 1. The van der Waals surface area contributed by atoms with Crippen molar-refractivity contribution in [3.63, 3.8) is 0 Å². The van der Waals surface area contributed by atoms with Crippen LogP contribution in [0.1, 0.15) is 46.5 Å². The van der Waals surface area contributed by atoms with E-state index < -0.39 is 0 Å². The van der Waals surface area contributed by atoms with Crippen molar-refractivity contribution in [1.29, 1.82) is 0 Å². The second kappa shape index (κ2) is 6.14. The van der Waals surface area contributed by atoms with Gasteiger partial charge < -0.3 is 19.2 Å². The van der Waals surface area contributed by atoms with Crippen molar-refractivity contribution in [3.05, 3.63) is 41.4 Å². The molecular formula is C17H22N4O3. The molecule has 1 aliphatic rings. The lowest BCUT2D eigenvalue weighted by Crippen LogP contribution is -2.51. The van der Waals surface area contributed by atoms with Crippen LogP contribution in [0.3, 0.4) is 0 Å². The van der Waals surface area contributed by atoms with Gasteiger partial charge in [-0.25, -0.2) is 4.98 Å². The average molecular weight is 330 g/mol. The molecule has 0 spiro atoms. The molecule has 0 radical (unpaired) electrons. The normalized spacial score (nSPS) is 21.2. The standard InChI is InChI=1S/C17H22N4O3/c1-10-7-12(11(2)24-10)17(23)19-13-5-6-15(22)21(4)16(13)14-8-18-9-20(14)3/h7-9,13,16H,5-6H2,1-4H3,(H,19,23)/t13-,16-/m1/s1. The summed E-state index contributed by atoms with van der Waals surface area (Å²) in [5.74, 6) is 1.20. The van der Waals surface area contributed by atoms with Crippen molar-refractivity contribution in [2.75, 3.05) is 7.05 Å². The number of carbonyl (C=O) groups is 2. The highest BCUT2D eigenvalue weighted by Gasteiger charge is 2.37. The lowest BCUT2D eigenvalue weighted by Gasteiger charge is -2.39. The smallest absolute Gasteiger partial charge is 0.255 e. The maximum absolute atomic E-state index is 12.6. The molecule has 24 heavy (non-hydrogen) atoms. The molecule has 7 nitrogen and oxygen atoms in total. The lowest BCUT2D eigenvalue weighted by molar-refractivity contribution is -0.136. The molecule has 1 saturated heterocycles. The molecule has 1 fully saturated rings. The Morgan fingerprint density at radius 3 is 2.71 bits per heavy atom. The second-order valence-electron chi connectivity index (χ2n) is 6.32.